The van der Waals surface area contributed by atoms with Crippen molar-refractivity contribution < 1.29 is 8.83 Å². The van der Waals surface area contributed by atoms with E-state index in [4.69, 9.17) is 33.8 Å². The molecule has 8 aromatic carbocycles. The number of benzene rings is 8. The van der Waals surface area contributed by atoms with Crippen molar-refractivity contribution in [1.29, 1.82) is 0 Å². The lowest BCUT2D eigenvalue weighted by Crippen LogP contribution is -2.04. The zero-order valence-electron chi connectivity index (χ0n) is 33.5. The molecule has 0 fully saturated rings. The van der Waals surface area contributed by atoms with Crippen LogP contribution in [0.3, 0.4) is 0 Å². The quantitative estimate of drug-likeness (QED) is 0.165. The number of nitrogens with zero attached hydrogens (tertiary/aromatic N) is 6. The molecule has 0 aliphatic heterocycles. The highest BCUT2D eigenvalue weighted by Crippen LogP contribution is 2.44. The lowest BCUT2D eigenvalue weighted by Gasteiger charge is -2.16. The highest BCUT2D eigenvalue weighted by Gasteiger charge is 2.24. The summed E-state index contributed by atoms with van der Waals surface area (Å²) < 4.78 is 15.2. The molecular weight excluding hydrogens is 777 g/mol. The van der Waals surface area contributed by atoms with E-state index in [0.29, 0.717) is 34.6 Å². The third kappa shape index (κ3) is 5.58. The number of hydrogen-bond donors (Lipinski definition) is 0. The third-order valence-electron chi connectivity index (χ3n) is 11.9. The van der Waals surface area contributed by atoms with Gasteiger partial charge in [-0.1, -0.05) is 140 Å². The van der Waals surface area contributed by atoms with Gasteiger partial charge in [-0.05, 0) is 54.6 Å². The predicted molar refractivity (Wildman–Crippen MR) is 251 cm³/mol. The Bertz CT molecular complexity index is 3850. The van der Waals surface area contributed by atoms with E-state index in [1.807, 2.05) is 115 Å². The molecule has 0 N–H and O–H groups in total. The van der Waals surface area contributed by atoms with E-state index in [-0.39, 0.29) is 0 Å². The van der Waals surface area contributed by atoms with Gasteiger partial charge in [0, 0.05) is 54.7 Å². The maximum Gasteiger partial charge on any atom is 0.180 e. The largest absolute Gasteiger partial charge is 0.456 e. The van der Waals surface area contributed by atoms with Gasteiger partial charge in [0.05, 0.1) is 16.7 Å². The topological polar surface area (TPSA) is 95.7 Å². The van der Waals surface area contributed by atoms with Gasteiger partial charge in [-0.2, -0.15) is 0 Å². The molecule has 0 bridgehead atoms. The Morgan fingerprint density at radius 3 is 1.63 bits per heavy atom. The minimum Gasteiger partial charge on any atom is -0.456 e. The zero-order valence-corrected chi connectivity index (χ0v) is 33.5. The monoisotopic (exact) mass is 808 g/mol. The molecule has 5 heterocycles. The summed E-state index contributed by atoms with van der Waals surface area (Å²) in [5, 5.41) is 5.30. The Hall–Kier alpha value is -8.75. The fraction of sp³-hybridized carbons (Fsp3) is 0. The van der Waals surface area contributed by atoms with Crippen LogP contribution in [0.4, 0.5) is 0 Å². The van der Waals surface area contributed by atoms with E-state index in [2.05, 4.69) is 83.4 Å². The highest BCUT2D eigenvalue weighted by molar-refractivity contribution is 6.27. The number of para-hydroxylation sites is 3. The second kappa shape index (κ2) is 13.9. The average molecular weight is 809 g/mol. The average Bonchev–Trinajstić information content (AvgIpc) is 4.04. The van der Waals surface area contributed by atoms with Gasteiger partial charge in [-0.15, -0.1) is 0 Å². The van der Waals surface area contributed by atoms with Crippen LogP contribution < -0.4 is 0 Å². The SMILES string of the molecule is c1ccc(-c2nc(-c3ccccc3)nc(-c3cc(-c4nc(-c5ccccc5)c5oc6ccccc6c5n4)ccc3-n3c4ccccc4c4c5c(ccc43)oc3ccccc35)n2)cc1. The second-order valence-corrected chi connectivity index (χ2v) is 15.6. The van der Waals surface area contributed by atoms with Gasteiger partial charge in [0.15, 0.2) is 28.9 Å². The minimum atomic E-state index is 0.512. The van der Waals surface area contributed by atoms with Crippen LogP contribution in [0.25, 0.3) is 128 Å². The van der Waals surface area contributed by atoms with Crippen molar-refractivity contribution in [2.45, 2.75) is 0 Å². The van der Waals surface area contributed by atoms with Crippen LogP contribution in [0.5, 0.6) is 0 Å². The van der Waals surface area contributed by atoms with E-state index in [1.165, 1.54) is 0 Å². The zero-order chi connectivity index (χ0) is 41.4. The van der Waals surface area contributed by atoms with Gasteiger partial charge in [0.25, 0.3) is 0 Å². The molecule has 0 radical (unpaired) electrons. The fourth-order valence-corrected chi connectivity index (χ4v) is 9.02. The molecule has 294 valence electrons. The van der Waals surface area contributed by atoms with Gasteiger partial charge < -0.3 is 13.4 Å². The molecule has 5 aromatic heterocycles. The van der Waals surface area contributed by atoms with Crippen molar-refractivity contribution in [2.24, 2.45) is 0 Å². The standard InChI is InChI=1S/C55H32N6O2/c1-4-16-33(17-5-1)49-51-50(39-24-12-15-27-45(39)63-51)57-54(56-49)36-28-29-42(40(32-36)55-59-52(34-18-6-2-7-19-34)58-53(60-55)35-20-8-3-9-21-35)61-41-25-13-10-22-37(41)47-43(61)30-31-46-48(47)38-23-11-14-26-44(38)62-46/h1-32H. The maximum atomic E-state index is 6.47. The molecule has 0 amide bonds. The first-order chi connectivity index (χ1) is 31.2. The first kappa shape index (κ1) is 35.0. The van der Waals surface area contributed by atoms with Crippen molar-refractivity contribution in [3.63, 3.8) is 0 Å². The molecular formula is C55H32N6O2. The summed E-state index contributed by atoms with van der Waals surface area (Å²) in [7, 11) is 0. The molecule has 0 aliphatic carbocycles. The molecule has 0 saturated heterocycles. The molecule has 63 heavy (non-hydrogen) atoms. The number of hydrogen-bond acceptors (Lipinski definition) is 7. The number of furan rings is 2. The van der Waals surface area contributed by atoms with Crippen molar-refractivity contribution in [3.05, 3.63) is 194 Å². The van der Waals surface area contributed by atoms with Crippen LogP contribution >= 0.6 is 0 Å². The summed E-state index contributed by atoms with van der Waals surface area (Å²) in [6, 6.07) is 65.7. The maximum absolute atomic E-state index is 6.47. The van der Waals surface area contributed by atoms with Crippen molar-refractivity contribution in [1.82, 2.24) is 29.5 Å². The molecule has 0 aliphatic rings. The Kier molecular flexibility index (Phi) is 7.74. The lowest BCUT2D eigenvalue weighted by molar-refractivity contribution is 0.667. The van der Waals surface area contributed by atoms with Crippen LogP contribution in [0.15, 0.2) is 203 Å². The summed E-state index contributed by atoms with van der Waals surface area (Å²) in [6.45, 7) is 0. The van der Waals surface area contributed by atoms with Crippen LogP contribution in [0.1, 0.15) is 0 Å². The van der Waals surface area contributed by atoms with E-state index in [9.17, 15) is 0 Å². The van der Waals surface area contributed by atoms with Gasteiger partial charge in [-0.3, -0.25) is 0 Å². The lowest BCUT2D eigenvalue weighted by atomic mass is 10.0. The summed E-state index contributed by atoms with van der Waals surface area (Å²) in [5.41, 5.74) is 11.8. The summed E-state index contributed by atoms with van der Waals surface area (Å²) >= 11 is 0. The van der Waals surface area contributed by atoms with Gasteiger partial charge in [0.2, 0.25) is 0 Å². The molecule has 0 saturated carbocycles. The first-order valence-corrected chi connectivity index (χ1v) is 20.8. The van der Waals surface area contributed by atoms with Crippen LogP contribution in [0.2, 0.25) is 0 Å². The molecule has 13 aromatic rings. The summed E-state index contributed by atoms with van der Waals surface area (Å²) in [6.07, 6.45) is 0. The third-order valence-corrected chi connectivity index (χ3v) is 11.9. The molecule has 8 heteroatoms. The molecule has 0 unspecified atom stereocenters. The molecule has 13 rings (SSSR count). The Morgan fingerprint density at radius 2 is 0.921 bits per heavy atom. The van der Waals surface area contributed by atoms with Crippen LogP contribution in [-0.2, 0) is 0 Å². The van der Waals surface area contributed by atoms with Crippen LogP contribution in [-0.4, -0.2) is 29.5 Å². The number of rotatable bonds is 6. The number of fused-ring (bicyclic) bond motifs is 10. The van der Waals surface area contributed by atoms with Gasteiger partial charge in [0.1, 0.15) is 28.0 Å². The first-order valence-electron chi connectivity index (χ1n) is 20.8. The van der Waals surface area contributed by atoms with Crippen LogP contribution in [0, 0.1) is 0 Å². The van der Waals surface area contributed by atoms with E-state index in [1.54, 1.807) is 0 Å². The van der Waals surface area contributed by atoms with Crippen molar-refractivity contribution in [3.8, 4) is 62.5 Å². The Morgan fingerprint density at radius 1 is 0.349 bits per heavy atom. The molecule has 0 atom stereocenters. The van der Waals surface area contributed by atoms with E-state index in [0.717, 1.165) is 93.7 Å². The number of aromatic nitrogens is 6. The highest BCUT2D eigenvalue weighted by atomic mass is 16.3. The van der Waals surface area contributed by atoms with E-state index >= 15 is 0 Å². The summed E-state index contributed by atoms with van der Waals surface area (Å²) in [4.78, 5) is 26.2. The second-order valence-electron chi connectivity index (χ2n) is 15.6. The van der Waals surface area contributed by atoms with Crippen molar-refractivity contribution in [2.75, 3.05) is 0 Å². The Labute approximate surface area is 359 Å². The molecule has 8 nitrogen and oxygen atoms in total. The predicted octanol–water partition coefficient (Wildman–Crippen LogP) is 13.9. The fourth-order valence-electron chi connectivity index (χ4n) is 9.02. The smallest absolute Gasteiger partial charge is 0.180 e. The van der Waals surface area contributed by atoms with Crippen molar-refractivity contribution >= 4 is 65.8 Å². The molecule has 0 spiro atoms. The van der Waals surface area contributed by atoms with Gasteiger partial charge in [-0.25, -0.2) is 24.9 Å². The minimum absolute atomic E-state index is 0.512. The van der Waals surface area contributed by atoms with E-state index < -0.39 is 0 Å². The Balaban J connectivity index is 1.13. The normalized spacial score (nSPS) is 11.8. The summed E-state index contributed by atoms with van der Waals surface area (Å²) in [5.74, 6) is 2.20. The van der Waals surface area contributed by atoms with Gasteiger partial charge >= 0.3 is 0 Å².